The van der Waals surface area contributed by atoms with Gasteiger partial charge in [0.1, 0.15) is 0 Å². The minimum Gasteiger partial charge on any atom is -0.369 e. The Bertz CT molecular complexity index is 421. The SMILES string of the molecule is NC(=O)NC(N)=Nc1ccc(Br)cc1I. The van der Waals surface area contributed by atoms with Gasteiger partial charge in [0.2, 0.25) is 5.96 Å². The summed E-state index contributed by atoms with van der Waals surface area (Å²) >= 11 is 5.44. The Morgan fingerprint density at radius 1 is 1.47 bits per heavy atom. The summed E-state index contributed by atoms with van der Waals surface area (Å²) in [6.45, 7) is 0. The Morgan fingerprint density at radius 2 is 2.13 bits per heavy atom. The molecular formula is C8H8BrIN4O. The van der Waals surface area contributed by atoms with Gasteiger partial charge in [-0.2, -0.15) is 0 Å². The first-order chi connectivity index (χ1) is 6.99. The highest BCUT2D eigenvalue weighted by atomic mass is 127. The average Bonchev–Trinajstić information content (AvgIpc) is 2.08. The molecule has 0 heterocycles. The number of carbonyl (C=O) groups is 1. The van der Waals surface area contributed by atoms with E-state index >= 15 is 0 Å². The zero-order chi connectivity index (χ0) is 11.4. The number of primary amides is 1. The number of amides is 2. The van der Waals surface area contributed by atoms with Crippen LogP contribution in [0.3, 0.4) is 0 Å². The monoisotopic (exact) mass is 382 g/mol. The molecule has 0 unspecified atom stereocenters. The van der Waals surface area contributed by atoms with Crippen molar-refractivity contribution in [2.45, 2.75) is 0 Å². The summed E-state index contributed by atoms with van der Waals surface area (Å²) in [5.41, 5.74) is 11.0. The van der Waals surface area contributed by atoms with E-state index in [1.54, 1.807) is 6.07 Å². The highest BCUT2D eigenvalue weighted by Crippen LogP contribution is 2.24. The van der Waals surface area contributed by atoms with Gasteiger partial charge >= 0.3 is 6.03 Å². The number of urea groups is 1. The van der Waals surface area contributed by atoms with E-state index in [4.69, 9.17) is 11.5 Å². The molecular weight excluding hydrogens is 375 g/mol. The number of nitrogens with one attached hydrogen (secondary N) is 1. The van der Waals surface area contributed by atoms with Gasteiger partial charge in [-0.3, -0.25) is 5.32 Å². The number of hydrogen-bond donors (Lipinski definition) is 3. The summed E-state index contributed by atoms with van der Waals surface area (Å²) in [5.74, 6) is -0.0252. The average molecular weight is 383 g/mol. The summed E-state index contributed by atoms with van der Waals surface area (Å²) in [7, 11) is 0. The van der Waals surface area contributed by atoms with Gasteiger partial charge in [-0.05, 0) is 40.8 Å². The van der Waals surface area contributed by atoms with Gasteiger partial charge in [-0.1, -0.05) is 15.9 Å². The molecule has 0 aromatic heterocycles. The summed E-state index contributed by atoms with van der Waals surface area (Å²) in [4.78, 5) is 14.5. The van der Waals surface area contributed by atoms with E-state index < -0.39 is 6.03 Å². The number of halogens is 2. The second-order valence-corrected chi connectivity index (χ2v) is 4.66. The van der Waals surface area contributed by atoms with Crippen molar-refractivity contribution in [3.05, 3.63) is 26.2 Å². The fourth-order valence-corrected chi connectivity index (χ4v) is 2.28. The summed E-state index contributed by atoms with van der Waals surface area (Å²) in [6, 6.07) is 4.76. The van der Waals surface area contributed by atoms with Crippen LogP contribution in [0.5, 0.6) is 0 Å². The topological polar surface area (TPSA) is 93.5 Å². The van der Waals surface area contributed by atoms with Crippen molar-refractivity contribution in [3.63, 3.8) is 0 Å². The van der Waals surface area contributed by atoms with Crippen LogP contribution in [0.15, 0.2) is 27.7 Å². The first-order valence-electron chi connectivity index (χ1n) is 3.84. The van der Waals surface area contributed by atoms with Crippen molar-refractivity contribution in [2.75, 3.05) is 0 Å². The van der Waals surface area contributed by atoms with Crippen LogP contribution in [0, 0.1) is 3.57 Å². The predicted molar refractivity (Wildman–Crippen MR) is 70.9 cm³/mol. The third kappa shape index (κ3) is 4.04. The summed E-state index contributed by atoms with van der Waals surface area (Å²) < 4.78 is 1.86. The van der Waals surface area contributed by atoms with Gasteiger partial charge in [0, 0.05) is 8.04 Å². The second kappa shape index (κ2) is 5.31. The number of nitrogens with zero attached hydrogens (tertiary/aromatic N) is 1. The molecule has 1 aromatic carbocycles. The van der Waals surface area contributed by atoms with E-state index in [1.807, 2.05) is 12.1 Å². The van der Waals surface area contributed by atoms with Gasteiger partial charge in [-0.25, -0.2) is 9.79 Å². The van der Waals surface area contributed by atoms with E-state index in [0.717, 1.165) is 8.04 Å². The lowest BCUT2D eigenvalue weighted by Gasteiger charge is -2.02. The molecule has 0 spiro atoms. The molecule has 0 aliphatic heterocycles. The van der Waals surface area contributed by atoms with Crippen LogP contribution in [0.2, 0.25) is 0 Å². The number of hydrogen-bond acceptors (Lipinski definition) is 2. The van der Waals surface area contributed by atoms with E-state index in [0.29, 0.717) is 5.69 Å². The molecule has 0 radical (unpaired) electrons. The Hall–Kier alpha value is -0.830. The van der Waals surface area contributed by atoms with Crippen LogP contribution in [0.1, 0.15) is 0 Å². The van der Waals surface area contributed by atoms with Crippen LogP contribution in [0.25, 0.3) is 0 Å². The maximum Gasteiger partial charge on any atom is 0.318 e. The summed E-state index contributed by atoms with van der Waals surface area (Å²) in [5, 5.41) is 2.18. The van der Waals surface area contributed by atoms with Gasteiger partial charge < -0.3 is 11.5 Å². The number of aliphatic imine (C=N–C) groups is 1. The molecule has 1 aromatic rings. The molecule has 15 heavy (non-hydrogen) atoms. The van der Waals surface area contributed by atoms with E-state index in [2.05, 4.69) is 48.8 Å². The largest absolute Gasteiger partial charge is 0.369 e. The van der Waals surface area contributed by atoms with E-state index in [-0.39, 0.29) is 5.96 Å². The molecule has 5 nitrogen and oxygen atoms in total. The van der Waals surface area contributed by atoms with Gasteiger partial charge in [-0.15, -0.1) is 0 Å². The van der Waals surface area contributed by atoms with Crippen molar-refractivity contribution in [1.82, 2.24) is 5.32 Å². The third-order valence-corrected chi connectivity index (χ3v) is 2.76. The minimum absolute atomic E-state index is 0.0252. The highest BCUT2D eigenvalue weighted by molar-refractivity contribution is 14.1. The Labute approximate surface area is 109 Å². The van der Waals surface area contributed by atoms with Crippen LogP contribution in [-0.2, 0) is 0 Å². The standard InChI is InChI=1S/C8H8BrIN4O/c9-4-1-2-6(5(10)3-4)13-7(11)14-8(12)15/h1-3H,(H5,11,12,13,14,15). The van der Waals surface area contributed by atoms with Gasteiger partial charge in [0.05, 0.1) is 5.69 Å². The lowest BCUT2D eigenvalue weighted by atomic mass is 10.3. The Kier molecular flexibility index (Phi) is 4.33. The lowest BCUT2D eigenvalue weighted by Crippen LogP contribution is -2.39. The van der Waals surface area contributed by atoms with Crippen LogP contribution in [0.4, 0.5) is 10.5 Å². The lowest BCUT2D eigenvalue weighted by molar-refractivity contribution is 0.253. The molecule has 1 rings (SSSR count). The molecule has 80 valence electrons. The molecule has 2 amide bonds. The minimum atomic E-state index is -0.733. The van der Waals surface area contributed by atoms with Crippen molar-refractivity contribution in [3.8, 4) is 0 Å². The zero-order valence-electron chi connectivity index (χ0n) is 7.50. The molecule has 0 bridgehead atoms. The first-order valence-corrected chi connectivity index (χ1v) is 5.72. The number of carbonyl (C=O) groups excluding carboxylic acids is 1. The van der Waals surface area contributed by atoms with Crippen molar-refractivity contribution >= 4 is 56.2 Å². The first kappa shape index (κ1) is 12.2. The molecule has 0 fully saturated rings. The number of benzene rings is 1. The fourth-order valence-electron chi connectivity index (χ4n) is 0.856. The quantitative estimate of drug-likeness (QED) is 0.391. The Balaban J connectivity index is 2.92. The van der Waals surface area contributed by atoms with Gasteiger partial charge in [0.15, 0.2) is 0 Å². The maximum atomic E-state index is 10.5. The summed E-state index contributed by atoms with van der Waals surface area (Å²) in [6.07, 6.45) is 0. The van der Waals surface area contributed by atoms with Gasteiger partial charge in [0.25, 0.3) is 0 Å². The second-order valence-electron chi connectivity index (χ2n) is 2.58. The van der Waals surface area contributed by atoms with E-state index in [1.165, 1.54) is 0 Å². The molecule has 0 saturated heterocycles. The third-order valence-electron chi connectivity index (χ3n) is 1.40. The maximum absolute atomic E-state index is 10.5. The van der Waals surface area contributed by atoms with Crippen LogP contribution in [-0.4, -0.2) is 12.0 Å². The normalized spacial score (nSPS) is 11.2. The molecule has 5 N–H and O–H groups in total. The smallest absolute Gasteiger partial charge is 0.318 e. The zero-order valence-corrected chi connectivity index (χ0v) is 11.2. The predicted octanol–water partition coefficient (Wildman–Crippen LogP) is 1.67. The molecule has 0 aliphatic rings. The van der Waals surface area contributed by atoms with Crippen LogP contribution >= 0.6 is 38.5 Å². The number of rotatable bonds is 1. The molecule has 7 heteroatoms. The van der Waals surface area contributed by atoms with Crippen molar-refractivity contribution in [1.29, 1.82) is 0 Å². The fraction of sp³-hybridized carbons (Fsp3) is 0. The molecule has 0 atom stereocenters. The van der Waals surface area contributed by atoms with Crippen molar-refractivity contribution in [2.24, 2.45) is 16.5 Å². The number of nitrogens with two attached hydrogens (primary N) is 2. The van der Waals surface area contributed by atoms with Crippen molar-refractivity contribution < 1.29 is 4.79 Å². The van der Waals surface area contributed by atoms with E-state index in [9.17, 15) is 4.79 Å². The molecule has 0 aliphatic carbocycles. The number of guanidine groups is 1. The Morgan fingerprint density at radius 3 is 2.67 bits per heavy atom. The van der Waals surface area contributed by atoms with Crippen LogP contribution < -0.4 is 16.8 Å². The highest BCUT2D eigenvalue weighted by Gasteiger charge is 2.01. The molecule has 0 saturated carbocycles.